The number of nitriles is 1. The van der Waals surface area contributed by atoms with Crippen LogP contribution in [-0.4, -0.2) is 15.4 Å². The van der Waals surface area contributed by atoms with Gasteiger partial charge in [0, 0.05) is 24.8 Å². The Labute approximate surface area is 76.6 Å². The molecule has 1 atom stereocenters. The second-order valence-electron chi connectivity index (χ2n) is 2.41. The van der Waals surface area contributed by atoms with Crippen molar-refractivity contribution in [1.82, 2.24) is 9.55 Å². The number of hydrogen-bond donors (Lipinski definition) is 0. The number of nitrogens with zero attached hydrogens (tertiary/aromatic N) is 3. The highest BCUT2D eigenvalue weighted by atomic mass is 35.5. The highest BCUT2D eigenvalue weighted by Gasteiger charge is 2.13. The summed E-state index contributed by atoms with van der Waals surface area (Å²) in [5, 5.41) is 8.73. The van der Waals surface area contributed by atoms with Crippen molar-refractivity contribution in [2.75, 3.05) is 5.88 Å². The van der Waals surface area contributed by atoms with Gasteiger partial charge in [0.1, 0.15) is 11.7 Å². The molecule has 1 unspecified atom stereocenters. The number of aryl methyl sites for hydroxylation is 1. The third-order valence-corrected chi connectivity index (χ3v) is 2.02. The molecule has 0 saturated carbocycles. The summed E-state index contributed by atoms with van der Waals surface area (Å²) in [6, 6.07) is 2.11. The highest BCUT2D eigenvalue weighted by Crippen LogP contribution is 2.14. The van der Waals surface area contributed by atoms with E-state index in [1.165, 1.54) is 0 Å². The third-order valence-electron chi connectivity index (χ3n) is 1.71. The predicted octanol–water partition coefficient (Wildman–Crippen LogP) is 1.75. The minimum atomic E-state index is -0.290. The molecule has 0 aliphatic heterocycles. The van der Waals surface area contributed by atoms with Crippen LogP contribution in [0.2, 0.25) is 0 Å². The third kappa shape index (κ3) is 1.59. The normalized spacial score (nSPS) is 12.4. The molecular formula is C8H10ClN3. The van der Waals surface area contributed by atoms with Crippen molar-refractivity contribution < 1.29 is 0 Å². The van der Waals surface area contributed by atoms with Crippen molar-refractivity contribution in [2.45, 2.75) is 19.4 Å². The van der Waals surface area contributed by atoms with Crippen LogP contribution in [0.1, 0.15) is 18.7 Å². The van der Waals surface area contributed by atoms with Gasteiger partial charge in [-0.3, -0.25) is 0 Å². The van der Waals surface area contributed by atoms with E-state index in [-0.39, 0.29) is 5.92 Å². The zero-order valence-corrected chi connectivity index (χ0v) is 7.62. The van der Waals surface area contributed by atoms with Crippen molar-refractivity contribution in [3.63, 3.8) is 0 Å². The first-order valence-corrected chi connectivity index (χ1v) is 4.33. The molecule has 4 heteroatoms. The van der Waals surface area contributed by atoms with Crippen LogP contribution in [0.4, 0.5) is 0 Å². The number of alkyl halides is 1. The number of imidazole rings is 1. The topological polar surface area (TPSA) is 41.6 Å². The zero-order valence-electron chi connectivity index (χ0n) is 6.87. The molecule has 1 rings (SSSR count). The molecular weight excluding hydrogens is 174 g/mol. The van der Waals surface area contributed by atoms with Gasteiger partial charge in [0.2, 0.25) is 0 Å². The molecule has 0 fully saturated rings. The first-order valence-electron chi connectivity index (χ1n) is 3.80. The van der Waals surface area contributed by atoms with Crippen LogP contribution in [0.3, 0.4) is 0 Å². The summed E-state index contributed by atoms with van der Waals surface area (Å²) in [5.41, 5.74) is 0. The summed E-state index contributed by atoms with van der Waals surface area (Å²) >= 11 is 5.61. The van der Waals surface area contributed by atoms with E-state index in [0.29, 0.717) is 5.88 Å². The first kappa shape index (κ1) is 9.08. The van der Waals surface area contributed by atoms with E-state index in [9.17, 15) is 0 Å². The van der Waals surface area contributed by atoms with Gasteiger partial charge in [0.25, 0.3) is 0 Å². The van der Waals surface area contributed by atoms with Crippen molar-refractivity contribution in [3.05, 3.63) is 18.2 Å². The summed E-state index contributed by atoms with van der Waals surface area (Å²) in [4.78, 5) is 4.09. The van der Waals surface area contributed by atoms with Crippen LogP contribution in [0.5, 0.6) is 0 Å². The maximum Gasteiger partial charge on any atom is 0.127 e. The summed E-state index contributed by atoms with van der Waals surface area (Å²) in [6.45, 7) is 2.83. The van der Waals surface area contributed by atoms with Crippen LogP contribution >= 0.6 is 11.6 Å². The van der Waals surface area contributed by atoms with E-state index in [1.807, 2.05) is 17.7 Å². The predicted molar refractivity (Wildman–Crippen MR) is 47.0 cm³/mol. The Hall–Kier alpha value is -1.01. The summed E-state index contributed by atoms with van der Waals surface area (Å²) in [6.07, 6.45) is 3.54. The molecule has 64 valence electrons. The molecule has 0 aliphatic carbocycles. The number of aromatic nitrogens is 2. The van der Waals surface area contributed by atoms with Gasteiger partial charge < -0.3 is 4.57 Å². The molecule has 0 amide bonds. The van der Waals surface area contributed by atoms with E-state index < -0.39 is 0 Å². The van der Waals surface area contributed by atoms with Crippen molar-refractivity contribution in [1.29, 1.82) is 5.26 Å². The van der Waals surface area contributed by atoms with Crippen molar-refractivity contribution >= 4 is 11.6 Å². The smallest absolute Gasteiger partial charge is 0.127 e. The van der Waals surface area contributed by atoms with E-state index in [2.05, 4.69) is 11.1 Å². The van der Waals surface area contributed by atoms with Gasteiger partial charge in [-0.2, -0.15) is 5.26 Å². The fraction of sp³-hybridized carbons (Fsp3) is 0.500. The standard InChI is InChI=1S/C8H10ClN3/c1-2-12-4-3-11-8(12)7(5-9)6-10/h3-4,7H,2,5H2,1H3. The van der Waals surface area contributed by atoms with E-state index in [4.69, 9.17) is 16.9 Å². The fourth-order valence-electron chi connectivity index (χ4n) is 1.06. The molecule has 0 aliphatic rings. The Morgan fingerprint density at radius 3 is 3.08 bits per heavy atom. The van der Waals surface area contributed by atoms with Gasteiger partial charge >= 0.3 is 0 Å². The number of halogens is 1. The molecule has 0 bridgehead atoms. The van der Waals surface area contributed by atoms with Crippen LogP contribution in [0.15, 0.2) is 12.4 Å². The molecule has 12 heavy (non-hydrogen) atoms. The highest BCUT2D eigenvalue weighted by molar-refractivity contribution is 6.18. The quantitative estimate of drug-likeness (QED) is 0.670. The molecule has 3 nitrogen and oxygen atoms in total. The molecule has 0 N–H and O–H groups in total. The SMILES string of the molecule is CCn1ccnc1C(C#N)CCl. The Morgan fingerprint density at radius 2 is 2.58 bits per heavy atom. The van der Waals surface area contributed by atoms with Crippen LogP contribution in [0, 0.1) is 11.3 Å². The van der Waals surface area contributed by atoms with Crippen molar-refractivity contribution in [3.8, 4) is 6.07 Å². The van der Waals surface area contributed by atoms with Crippen LogP contribution in [0.25, 0.3) is 0 Å². The Morgan fingerprint density at radius 1 is 1.83 bits per heavy atom. The molecule has 1 aromatic rings. The molecule has 0 aromatic carbocycles. The average molecular weight is 184 g/mol. The molecule has 0 spiro atoms. The van der Waals surface area contributed by atoms with Crippen LogP contribution in [-0.2, 0) is 6.54 Å². The lowest BCUT2D eigenvalue weighted by Gasteiger charge is -2.06. The summed E-state index contributed by atoms with van der Waals surface area (Å²) in [5.74, 6) is 0.768. The second kappa shape index (κ2) is 4.13. The Kier molecular flexibility index (Phi) is 3.12. The Balaban J connectivity index is 2.93. The number of hydrogen-bond acceptors (Lipinski definition) is 2. The first-order chi connectivity index (χ1) is 5.83. The Bertz CT molecular complexity index is 287. The second-order valence-corrected chi connectivity index (χ2v) is 2.72. The number of rotatable bonds is 3. The maximum atomic E-state index is 8.73. The van der Waals surface area contributed by atoms with Gasteiger partial charge in [-0.1, -0.05) is 0 Å². The minimum Gasteiger partial charge on any atom is -0.334 e. The average Bonchev–Trinajstić information content (AvgIpc) is 2.55. The summed E-state index contributed by atoms with van der Waals surface area (Å²) in [7, 11) is 0. The molecule has 0 radical (unpaired) electrons. The van der Waals surface area contributed by atoms with Gasteiger partial charge in [-0.05, 0) is 6.92 Å². The maximum absolute atomic E-state index is 8.73. The lowest BCUT2D eigenvalue weighted by Crippen LogP contribution is -2.07. The van der Waals surface area contributed by atoms with Gasteiger partial charge in [-0.25, -0.2) is 4.98 Å². The fourth-order valence-corrected chi connectivity index (χ4v) is 1.27. The van der Waals surface area contributed by atoms with Gasteiger partial charge in [0.15, 0.2) is 0 Å². The van der Waals surface area contributed by atoms with E-state index >= 15 is 0 Å². The lowest BCUT2D eigenvalue weighted by molar-refractivity contribution is 0.684. The van der Waals surface area contributed by atoms with E-state index in [1.54, 1.807) is 6.20 Å². The van der Waals surface area contributed by atoms with Crippen LogP contribution < -0.4 is 0 Å². The van der Waals surface area contributed by atoms with Crippen molar-refractivity contribution in [2.24, 2.45) is 0 Å². The minimum absolute atomic E-state index is 0.290. The largest absolute Gasteiger partial charge is 0.334 e. The van der Waals surface area contributed by atoms with E-state index in [0.717, 1.165) is 12.4 Å². The molecule has 1 aromatic heterocycles. The molecule has 0 saturated heterocycles. The molecule has 1 heterocycles. The van der Waals surface area contributed by atoms with Gasteiger partial charge in [0.05, 0.1) is 6.07 Å². The monoisotopic (exact) mass is 183 g/mol. The summed E-state index contributed by atoms with van der Waals surface area (Å²) < 4.78 is 1.93. The van der Waals surface area contributed by atoms with Gasteiger partial charge in [-0.15, -0.1) is 11.6 Å². The zero-order chi connectivity index (χ0) is 8.97. The lowest BCUT2D eigenvalue weighted by atomic mass is 10.2.